The Balaban J connectivity index is 1.74. The lowest BCUT2D eigenvalue weighted by Crippen LogP contribution is -2.42. The van der Waals surface area contributed by atoms with Gasteiger partial charge in [0.05, 0.1) is 31.9 Å². The number of aliphatic hydroxyl groups is 1. The van der Waals surface area contributed by atoms with Gasteiger partial charge in [0.2, 0.25) is 0 Å². The van der Waals surface area contributed by atoms with Crippen LogP contribution < -0.4 is 4.74 Å². The molecule has 1 amide bonds. The predicted molar refractivity (Wildman–Crippen MR) is 120 cm³/mol. The van der Waals surface area contributed by atoms with Crippen LogP contribution in [0.2, 0.25) is 0 Å². The number of amides is 1. The van der Waals surface area contributed by atoms with E-state index >= 15 is 0 Å². The molecule has 0 aromatic heterocycles. The fourth-order valence-corrected chi connectivity index (χ4v) is 4.36. The Hall–Kier alpha value is -3.23. The van der Waals surface area contributed by atoms with Gasteiger partial charge >= 0.3 is 0 Å². The van der Waals surface area contributed by atoms with Crippen molar-refractivity contribution in [3.05, 3.63) is 70.5 Å². The van der Waals surface area contributed by atoms with Crippen LogP contribution in [0.4, 0.5) is 4.39 Å². The van der Waals surface area contributed by atoms with Gasteiger partial charge in [-0.25, -0.2) is 4.39 Å². The maximum absolute atomic E-state index is 13.6. The number of aryl methyl sites for hydroxylation is 1. The standard InChI is InChI=1S/C25H27FN2O5/c1-16-15-18(5-8-20(16)32-2)23(29)21-22(17-3-6-19(26)7-4-17)28(25(31)24(21)30)10-9-27-11-13-33-14-12-27/h3-8,15,22,29H,9-14H2,1-2H3/b23-21+. The van der Waals surface area contributed by atoms with E-state index < -0.39 is 23.5 Å². The minimum atomic E-state index is -0.811. The number of carbonyl (C=O) groups excluding carboxylic acids is 2. The van der Waals surface area contributed by atoms with Gasteiger partial charge in [0.15, 0.2) is 0 Å². The first kappa shape index (κ1) is 22.9. The number of nitrogens with zero attached hydrogens (tertiary/aromatic N) is 2. The van der Waals surface area contributed by atoms with E-state index in [1.165, 1.54) is 17.0 Å². The summed E-state index contributed by atoms with van der Waals surface area (Å²) in [6.07, 6.45) is 0. The largest absolute Gasteiger partial charge is 0.507 e. The molecule has 0 spiro atoms. The second-order valence-electron chi connectivity index (χ2n) is 8.18. The highest BCUT2D eigenvalue weighted by Crippen LogP contribution is 2.39. The number of benzene rings is 2. The highest BCUT2D eigenvalue weighted by molar-refractivity contribution is 6.46. The normalized spacial score (nSPS) is 20.9. The zero-order chi connectivity index (χ0) is 23.5. The molecule has 8 heteroatoms. The second kappa shape index (κ2) is 9.72. The van der Waals surface area contributed by atoms with Crippen molar-refractivity contribution in [2.24, 2.45) is 0 Å². The predicted octanol–water partition coefficient (Wildman–Crippen LogP) is 2.90. The van der Waals surface area contributed by atoms with Crippen molar-refractivity contribution in [3.8, 4) is 5.75 Å². The fourth-order valence-electron chi connectivity index (χ4n) is 4.36. The number of hydrogen-bond donors (Lipinski definition) is 1. The van der Waals surface area contributed by atoms with Gasteiger partial charge in [-0.05, 0) is 48.4 Å². The van der Waals surface area contributed by atoms with Crippen molar-refractivity contribution in [3.63, 3.8) is 0 Å². The van der Waals surface area contributed by atoms with Crippen LogP contribution in [0.15, 0.2) is 48.0 Å². The van der Waals surface area contributed by atoms with Crippen LogP contribution in [0, 0.1) is 12.7 Å². The number of halogens is 1. The summed E-state index contributed by atoms with van der Waals surface area (Å²) in [5.74, 6) is -1.47. The molecular formula is C25H27FN2O5. The lowest BCUT2D eigenvalue weighted by Gasteiger charge is -2.31. The summed E-state index contributed by atoms with van der Waals surface area (Å²) in [4.78, 5) is 29.8. The molecule has 0 bridgehead atoms. The third kappa shape index (κ3) is 4.62. The average molecular weight is 454 g/mol. The van der Waals surface area contributed by atoms with E-state index in [4.69, 9.17) is 9.47 Å². The Kier molecular flexibility index (Phi) is 6.76. The summed E-state index contributed by atoms with van der Waals surface area (Å²) in [6.45, 7) is 5.43. The van der Waals surface area contributed by atoms with Crippen molar-refractivity contribution in [1.29, 1.82) is 0 Å². The zero-order valence-corrected chi connectivity index (χ0v) is 18.7. The summed E-state index contributed by atoms with van der Waals surface area (Å²) in [7, 11) is 1.55. The number of rotatable bonds is 6. The second-order valence-corrected chi connectivity index (χ2v) is 8.18. The molecule has 2 aliphatic heterocycles. The van der Waals surface area contributed by atoms with Crippen molar-refractivity contribution < 1.29 is 28.6 Å². The van der Waals surface area contributed by atoms with E-state index in [0.29, 0.717) is 43.2 Å². The molecule has 0 radical (unpaired) electrons. The Morgan fingerprint density at radius 3 is 2.45 bits per heavy atom. The molecule has 2 heterocycles. The molecule has 33 heavy (non-hydrogen) atoms. The van der Waals surface area contributed by atoms with Crippen LogP contribution >= 0.6 is 0 Å². The summed E-state index contributed by atoms with van der Waals surface area (Å²) in [5, 5.41) is 11.2. The van der Waals surface area contributed by atoms with Crippen LogP contribution in [0.25, 0.3) is 5.76 Å². The Morgan fingerprint density at radius 2 is 1.82 bits per heavy atom. The molecule has 7 nitrogen and oxygen atoms in total. The van der Waals surface area contributed by atoms with Crippen LogP contribution in [0.3, 0.4) is 0 Å². The lowest BCUT2D eigenvalue weighted by molar-refractivity contribution is -0.140. The van der Waals surface area contributed by atoms with E-state index in [9.17, 15) is 19.1 Å². The van der Waals surface area contributed by atoms with E-state index in [-0.39, 0.29) is 11.3 Å². The highest BCUT2D eigenvalue weighted by Gasteiger charge is 2.46. The van der Waals surface area contributed by atoms with Gasteiger partial charge in [0.1, 0.15) is 17.3 Å². The smallest absolute Gasteiger partial charge is 0.295 e. The van der Waals surface area contributed by atoms with Gasteiger partial charge in [-0.3, -0.25) is 14.5 Å². The molecule has 4 rings (SSSR count). The lowest BCUT2D eigenvalue weighted by atomic mass is 9.94. The first-order valence-corrected chi connectivity index (χ1v) is 10.9. The Labute approximate surface area is 192 Å². The number of carbonyl (C=O) groups is 2. The number of methoxy groups -OCH3 is 1. The van der Waals surface area contributed by atoms with E-state index in [1.54, 1.807) is 37.4 Å². The van der Waals surface area contributed by atoms with Crippen molar-refractivity contribution in [2.75, 3.05) is 46.5 Å². The minimum Gasteiger partial charge on any atom is -0.507 e. The minimum absolute atomic E-state index is 0.00171. The van der Waals surface area contributed by atoms with E-state index in [0.717, 1.165) is 18.7 Å². The average Bonchev–Trinajstić information content (AvgIpc) is 3.08. The third-order valence-electron chi connectivity index (χ3n) is 6.15. The molecule has 2 aromatic rings. The zero-order valence-electron chi connectivity index (χ0n) is 18.7. The summed E-state index contributed by atoms with van der Waals surface area (Å²) in [6, 6.07) is 9.89. The molecule has 1 N–H and O–H groups in total. The SMILES string of the molecule is COc1ccc(/C(O)=C2\C(=O)C(=O)N(CCN3CCOCC3)C2c2ccc(F)cc2)cc1C. The molecule has 0 saturated carbocycles. The van der Waals surface area contributed by atoms with E-state index in [2.05, 4.69) is 4.90 Å². The van der Waals surface area contributed by atoms with Gasteiger partial charge in [-0.15, -0.1) is 0 Å². The maximum Gasteiger partial charge on any atom is 0.295 e. The van der Waals surface area contributed by atoms with Gasteiger partial charge in [-0.1, -0.05) is 12.1 Å². The van der Waals surface area contributed by atoms with Crippen molar-refractivity contribution in [2.45, 2.75) is 13.0 Å². The first-order chi connectivity index (χ1) is 15.9. The number of aliphatic hydroxyl groups excluding tert-OH is 1. The topological polar surface area (TPSA) is 79.3 Å². The maximum atomic E-state index is 13.6. The molecule has 2 saturated heterocycles. The summed E-state index contributed by atoms with van der Waals surface area (Å²) >= 11 is 0. The number of likely N-dealkylation sites (tertiary alicyclic amines) is 1. The Bertz CT molecular complexity index is 1080. The van der Waals surface area contributed by atoms with Crippen LogP contribution in [0.1, 0.15) is 22.7 Å². The van der Waals surface area contributed by atoms with E-state index in [1.807, 2.05) is 6.92 Å². The molecule has 2 aliphatic rings. The molecule has 0 aliphatic carbocycles. The number of ether oxygens (including phenoxy) is 2. The molecule has 174 valence electrons. The van der Waals surface area contributed by atoms with Crippen molar-refractivity contribution in [1.82, 2.24) is 9.80 Å². The molecule has 1 atom stereocenters. The quantitative estimate of drug-likeness (QED) is 0.411. The summed E-state index contributed by atoms with van der Waals surface area (Å²) < 4.78 is 24.3. The van der Waals surface area contributed by atoms with Gasteiger partial charge in [-0.2, -0.15) is 0 Å². The number of ketones is 1. The first-order valence-electron chi connectivity index (χ1n) is 10.9. The highest BCUT2D eigenvalue weighted by atomic mass is 19.1. The van der Waals surface area contributed by atoms with Crippen molar-refractivity contribution >= 4 is 17.4 Å². The molecule has 2 aromatic carbocycles. The molecule has 1 unspecified atom stereocenters. The number of Topliss-reactive ketones (excluding diaryl/α,β-unsaturated/α-hetero) is 1. The summed E-state index contributed by atoms with van der Waals surface area (Å²) in [5.41, 5.74) is 1.75. The number of hydrogen-bond acceptors (Lipinski definition) is 6. The molecule has 2 fully saturated rings. The van der Waals surface area contributed by atoms with Crippen LogP contribution in [-0.2, 0) is 14.3 Å². The van der Waals surface area contributed by atoms with Gasteiger partial charge < -0.3 is 19.5 Å². The third-order valence-corrected chi connectivity index (χ3v) is 6.15. The fraction of sp³-hybridized carbons (Fsp3) is 0.360. The monoisotopic (exact) mass is 454 g/mol. The molecular weight excluding hydrogens is 427 g/mol. The van der Waals surface area contributed by atoms with Gasteiger partial charge in [0, 0.05) is 31.7 Å². The van der Waals surface area contributed by atoms with Crippen LogP contribution in [-0.4, -0.2) is 73.1 Å². The van der Waals surface area contributed by atoms with Crippen LogP contribution in [0.5, 0.6) is 5.75 Å². The Morgan fingerprint density at radius 1 is 1.12 bits per heavy atom. The van der Waals surface area contributed by atoms with Gasteiger partial charge in [0.25, 0.3) is 11.7 Å². The number of morpholine rings is 1.